The van der Waals surface area contributed by atoms with E-state index in [-0.39, 0.29) is 0 Å². The Morgan fingerprint density at radius 2 is 1.75 bits per heavy atom. The molecule has 0 unspecified atom stereocenters. The second-order valence-corrected chi connectivity index (χ2v) is 7.03. The molecule has 0 radical (unpaired) electrons. The Hall–Kier alpha value is -0.460. The van der Waals surface area contributed by atoms with Crippen LogP contribution >= 0.6 is 0 Å². The van der Waals surface area contributed by atoms with Gasteiger partial charge in [-0.05, 0) is 68.8 Å². The molecule has 2 atom stereocenters. The highest BCUT2D eigenvalue weighted by Gasteiger charge is 2.31. The molecule has 2 aliphatic rings. The third kappa shape index (κ3) is 4.82. The molecule has 2 rings (SSSR count). The van der Waals surface area contributed by atoms with Crippen molar-refractivity contribution in [2.75, 3.05) is 0 Å². The molecular weight excluding hydrogens is 244 g/mol. The van der Waals surface area contributed by atoms with Crippen LogP contribution in [0, 0.1) is 17.8 Å². The SMILES string of the molecule is CCCC=CO[C@@H]1CCC[C@@H](C2CCC(CC)CC2)C1. The summed E-state index contributed by atoms with van der Waals surface area (Å²) in [6.45, 7) is 4.58. The maximum atomic E-state index is 5.97. The first-order valence-electron chi connectivity index (χ1n) is 9.13. The van der Waals surface area contributed by atoms with Gasteiger partial charge in [0.05, 0.1) is 12.4 Å². The van der Waals surface area contributed by atoms with E-state index < -0.39 is 0 Å². The Morgan fingerprint density at radius 3 is 2.45 bits per heavy atom. The summed E-state index contributed by atoms with van der Waals surface area (Å²) in [4.78, 5) is 0. The average molecular weight is 278 g/mol. The molecule has 0 aromatic heterocycles. The van der Waals surface area contributed by atoms with E-state index in [0.29, 0.717) is 6.10 Å². The Labute approximate surface area is 126 Å². The van der Waals surface area contributed by atoms with Crippen LogP contribution < -0.4 is 0 Å². The number of hydrogen-bond donors (Lipinski definition) is 0. The molecule has 0 spiro atoms. The van der Waals surface area contributed by atoms with Crippen LogP contribution in [0.25, 0.3) is 0 Å². The zero-order valence-electron chi connectivity index (χ0n) is 13.7. The van der Waals surface area contributed by atoms with Gasteiger partial charge in [0.25, 0.3) is 0 Å². The minimum atomic E-state index is 0.505. The Morgan fingerprint density at radius 1 is 0.950 bits per heavy atom. The second kappa shape index (κ2) is 8.74. The molecule has 0 saturated heterocycles. The van der Waals surface area contributed by atoms with Crippen LogP contribution in [0.1, 0.15) is 84.5 Å². The van der Waals surface area contributed by atoms with Crippen molar-refractivity contribution >= 4 is 0 Å². The zero-order valence-corrected chi connectivity index (χ0v) is 13.7. The fourth-order valence-electron chi connectivity index (χ4n) is 4.20. The molecule has 2 fully saturated rings. The molecule has 1 heteroatoms. The summed E-state index contributed by atoms with van der Waals surface area (Å²) in [5.41, 5.74) is 0. The van der Waals surface area contributed by atoms with E-state index in [4.69, 9.17) is 4.74 Å². The van der Waals surface area contributed by atoms with Crippen molar-refractivity contribution in [2.24, 2.45) is 17.8 Å². The highest BCUT2D eigenvalue weighted by molar-refractivity contribution is 4.84. The normalized spacial score (nSPS) is 35.3. The second-order valence-electron chi connectivity index (χ2n) is 7.03. The lowest BCUT2D eigenvalue weighted by Crippen LogP contribution is -2.29. The number of hydrogen-bond acceptors (Lipinski definition) is 1. The molecule has 2 saturated carbocycles. The summed E-state index contributed by atoms with van der Waals surface area (Å²) in [5.74, 6) is 2.98. The van der Waals surface area contributed by atoms with E-state index in [1.54, 1.807) is 0 Å². The molecule has 116 valence electrons. The molecule has 0 aromatic carbocycles. The van der Waals surface area contributed by atoms with Crippen molar-refractivity contribution in [3.05, 3.63) is 12.3 Å². The van der Waals surface area contributed by atoms with Crippen molar-refractivity contribution in [2.45, 2.75) is 90.6 Å². The first kappa shape index (κ1) is 15.9. The van der Waals surface area contributed by atoms with Gasteiger partial charge >= 0.3 is 0 Å². The first-order valence-corrected chi connectivity index (χ1v) is 9.13. The van der Waals surface area contributed by atoms with Crippen molar-refractivity contribution in [1.82, 2.24) is 0 Å². The lowest BCUT2D eigenvalue weighted by Gasteiger charge is -2.38. The Bertz CT molecular complexity index is 275. The maximum Gasteiger partial charge on any atom is 0.0981 e. The minimum absolute atomic E-state index is 0.505. The van der Waals surface area contributed by atoms with E-state index in [2.05, 4.69) is 19.9 Å². The predicted molar refractivity (Wildman–Crippen MR) is 86.6 cm³/mol. The van der Waals surface area contributed by atoms with Crippen LogP contribution in [0.5, 0.6) is 0 Å². The van der Waals surface area contributed by atoms with Crippen LogP contribution in [0.15, 0.2) is 12.3 Å². The van der Waals surface area contributed by atoms with Crippen LogP contribution in [-0.4, -0.2) is 6.10 Å². The Balaban J connectivity index is 1.73. The smallest absolute Gasteiger partial charge is 0.0981 e. The molecule has 0 N–H and O–H groups in total. The molecule has 0 aromatic rings. The molecule has 0 aliphatic heterocycles. The summed E-state index contributed by atoms with van der Waals surface area (Å²) < 4.78 is 5.97. The number of unbranched alkanes of at least 4 members (excludes halogenated alkanes) is 1. The third-order valence-corrected chi connectivity index (χ3v) is 5.62. The molecule has 0 heterocycles. The lowest BCUT2D eigenvalue weighted by molar-refractivity contribution is 0.0513. The van der Waals surface area contributed by atoms with Gasteiger partial charge in [0.15, 0.2) is 0 Å². The van der Waals surface area contributed by atoms with Gasteiger partial charge in [-0.3, -0.25) is 0 Å². The standard InChI is InChI=1S/C19H34O/c1-3-5-6-14-20-19-9-7-8-18(15-19)17-12-10-16(4-2)11-13-17/h6,14,16-19H,3-5,7-13,15H2,1-2H3/t16?,17?,18-,19-/m1/s1. The molecule has 20 heavy (non-hydrogen) atoms. The zero-order chi connectivity index (χ0) is 14.2. The molecule has 1 nitrogen and oxygen atoms in total. The van der Waals surface area contributed by atoms with Gasteiger partial charge in [-0.2, -0.15) is 0 Å². The monoisotopic (exact) mass is 278 g/mol. The van der Waals surface area contributed by atoms with Crippen LogP contribution in [0.4, 0.5) is 0 Å². The van der Waals surface area contributed by atoms with Gasteiger partial charge in [0.1, 0.15) is 0 Å². The van der Waals surface area contributed by atoms with Crippen LogP contribution in [0.2, 0.25) is 0 Å². The fraction of sp³-hybridized carbons (Fsp3) is 0.895. The third-order valence-electron chi connectivity index (χ3n) is 5.62. The largest absolute Gasteiger partial charge is 0.498 e. The number of allylic oxidation sites excluding steroid dienone is 1. The van der Waals surface area contributed by atoms with Gasteiger partial charge < -0.3 is 4.74 Å². The highest BCUT2D eigenvalue weighted by atomic mass is 16.5. The van der Waals surface area contributed by atoms with E-state index in [1.807, 2.05) is 6.26 Å². The summed E-state index contributed by atoms with van der Waals surface area (Å²) in [6, 6.07) is 0. The van der Waals surface area contributed by atoms with Crippen molar-refractivity contribution < 1.29 is 4.74 Å². The van der Waals surface area contributed by atoms with Gasteiger partial charge in [0.2, 0.25) is 0 Å². The minimum Gasteiger partial charge on any atom is -0.498 e. The van der Waals surface area contributed by atoms with Crippen molar-refractivity contribution in [3.63, 3.8) is 0 Å². The lowest BCUT2D eigenvalue weighted by atomic mass is 9.70. The van der Waals surface area contributed by atoms with Gasteiger partial charge in [-0.1, -0.05) is 39.5 Å². The van der Waals surface area contributed by atoms with Crippen LogP contribution in [-0.2, 0) is 4.74 Å². The molecule has 0 bridgehead atoms. The average Bonchev–Trinajstić information content (AvgIpc) is 2.52. The predicted octanol–water partition coefficient (Wildman–Crippen LogP) is 6.09. The van der Waals surface area contributed by atoms with Gasteiger partial charge in [-0.15, -0.1) is 0 Å². The summed E-state index contributed by atoms with van der Waals surface area (Å²) >= 11 is 0. The van der Waals surface area contributed by atoms with E-state index in [1.165, 1.54) is 64.2 Å². The number of rotatable bonds is 6. The quantitative estimate of drug-likeness (QED) is 0.534. The van der Waals surface area contributed by atoms with E-state index in [9.17, 15) is 0 Å². The fourth-order valence-corrected chi connectivity index (χ4v) is 4.20. The maximum absolute atomic E-state index is 5.97. The highest BCUT2D eigenvalue weighted by Crippen LogP contribution is 2.41. The van der Waals surface area contributed by atoms with E-state index >= 15 is 0 Å². The van der Waals surface area contributed by atoms with Gasteiger partial charge in [-0.25, -0.2) is 0 Å². The van der Waals surface area contributed by atoms with Crippen molar-refractivity contribution in [3.8, 4) is 0 Å². The first-order chi connectivity index (χ1) is 9.83. The summed E-state index contributed by atoms with van der Waals surface area (Å²) in [7, 11) is 0. The summed E-state index contributed by atoms with van der Waals surface area (Å²) in [5, 5.41) is 0. The summed E-state index contributed by atoms with van der Waals surface area (Å²) in [6.07, 6.45) is 19.8. The van der Waals surface area contributed by atoms with E-state index in [0.717, 1.165) is 24.2 Å². The Kier molecular flexibility index (Phi) is 6.96. The molecular formula is C19H34O. The topological polar surface area (TPSA) is 9.23 Å². The molecule has 0 amide bonds. The molecule has 2 aliphatic carbocycles. The van der Waals surface area contributed by atoms with Crippen LogP contribution in [0.3, 0.4) is 0 Å². The number of ether oxygens (including phenoxy) is 1. The van der Waals surface area contributed by atoms with Gasteiger partial charge in [0, 0.05) is 0 Å². The van der Waals surface area contributed by atoms with Crippen molar-refractivity contribution in [1.29, 1.82) is 0 Å².